The standard InChI is InChI=1S/C19H12Cl2N2O5S/c20-11-4-5-13(14(21)8-11)18(26)28-12-3-1-2-10(6-12)7-15-17(25)23(9-16(22)24)19(27)29-15/h1-8H,9H2,(H2,22,24)/b15-7-. The number of hydrogen-bond acceptors (Lipinski definition) is 6. The summed E-state index contributed by atoms with van der Waals surface area (Å²) in [6, 6.07) is 10.7. The van der Waals surface area contributed by atoms with Gasteiger partial charge in [0.1, 0.15) is 12.3 Å². The van der Waals surface area contributed by atoms with E-state index < -0.39 is 29.6 Å². The lowest BCUT2D eigenvalue weighted by Gasteiger charge is -2.08. The lowest BCUT2D eigenvalue weighted by Crippen LogP contribution is -2.36. The second kappa shape index (κ2) is 8.69. The maximum absolute atomic E-state index is 12.3. The molecule has 3 amide bonds. The van der Waals surface area contributed by atoms with Crippen LogP contribution >= 0.6 is 35.0 Å². The number of nitrogens with zero attached hydrogens (tertiary/aromatic N) is 1. The third-order valence-corrected chi connectivity index (χ3v) is 5.16. The van der Waals surface area contributed by atoms with Crippen LogP contribution in [-0.4, -0.2) is 34.5 Å². The maximum atomic E-state index is 12.3. The van der Waals surface area contributed by atoms with Crippen LogP contribution in [0.3, 0.4) is 0 Å². The highest BCUT2D eigenvalue weighted by molar-refractivity contribution is 8.18. The molecule has 0 aliphatic carbocycles. The van der Waals surface area contributed by atoms with E-state index in [-0.39, 0.29) is 21.2 Å². The molecule has 1 aliphatic heterocycles. The van der Waals surface area contributed by atoms with E-state index >= 15 is 0 Å². The number of carbonyl (C=O) groups excluding carboxylic acids is 4. The lowest BCUT2D eigenvalue weighted by molar-refractivity contribution is -0.127. The number of imide groups is 1. The van der Waals surface area contributed by atoms with E-state index in [1.165, 1.54) is 30.3 Å². The van der Waals surface area contributed by atoms with E-state index in [1.807, 2.05) is 0 Å². The molecule has 3 rings (SSSR count). The number of thioether (sulfide) groups is 1. The van der Waals surface area contributed by atoms with Crippen LogP contribution in [0.15, 0.2) is 47.4 Å². The molecule has 0 unspecified atom stereocenters. The van der Waals surface area contributed by atoms with Crippen molar-refractivity contribution in [2.24, 2.45) is 5.73 Å². The number of esters is 1. The number of benzene rings is 2. The van der Waals surface area contributed by atoms with Crippen LogP contribution in [0, 0.1) is 0 Å². The van der Waals surface area contributed by atoms with Crippen LogP contribution < -0.4 is 10.5 Å². The highest BCUT2D eigenvalue weighted by atomic mass is 35.5. The van der Waals surface area contributed by atoms with Gasteiger partial charge in [-0.25, -0.2) is 4.79 Å². The molecular weight excluding hydrogens is 439 g/mol. The smallest absolute Gasteiger partial charge is 0.345 e. The van der Waals surface area contributed by atoms with Gasteiger partial charge in [-0.15, -0.1) is 0 Å². The number of rotatable bonds is 5. The van der Waals surface area contributed by atoms with Gasteiger partial charge in [0.15, 0.2) is 0 Å². The molecule has 0 aromatic heterocycles. The van der Waals surface area contributed by atoms with Gasteiger partial charge < -0.3 is 10.5 Å². The van der Waals surface area contributed by atoms with Crippen molar-refractivity contribution in [3.63, 3.8) is 0 Å². The van der Waals surface area contributed by atoms with E-state index in [0.29, 0.717) is 22.3 Å². The molecule has 1 fully saturated rings. The van der Waals surface area contributed by atoms with Crippen LogP contribution in [0.1, 0.15) is 15.9 Å². The van der Waals surface area contributed by atoms with Gasteiger partial charge in [-0.3, -0.25) is 19.3 Å². The average Bonchev–Trinajstić information content (AvgIpc) is 2.89. The van der Waals surface area contributed by atoms with Crippen LogP contribution in [0.4, 0.5) is 4.79 Å². The van der Waals surface area contributed by atoms with Gasteiger partial charge in [-0.05, 0) is 53.7 Å². The summed E-state index contributed by atoms with van der Waals surface area (Å²) >= 11 is 12.5. The minimum Gasteiger partial charge on any atom is -0.423 e. The number of carbonyl (C=O) groups is 4. The van der Waals surface area contributed by atoms with Crippen molar-refractivity contribution in [3.05, 3.63) is 68.5 Å². The van der Waals surface area contributed by atoms with Crippen molar-refractivity contribution in [1.82, 2.24) is 4.90 Å². The molecule has 0 bridgehead atoms. The molecule has 7 nitrogen and oxygen atoms in total. The molecular formula is C19H12Cl2N2O5S. The van der Waals surface area contributed by atoms with Crippen LogP contribution in [0.25, 0.3) is 6.08 Å². The van der Waals surface area contributed by atoms with Crippen LogP contribution in [0.2, 0.25) is 10.0 Å². The first kappa shape index (κ1) is 20.9. The van der Waals surface area contributed by atoms with Crippen molar-refractivity contribution in [2.75, 3.05) is 6.54 Å². The SMILES string of the molecule is NC(=O)CN1C(=O)S/C(=C\c2cccc(OC(=O)c3ccc(Cl)cc3Cl)c2)C1=O. The van der Waals surface area contributed by atoms with Crippen LogP contribution in [0.5, 0.6) is 5.75 Å². The van der Waals surface area contributed by atoms with Crippen molar-refractivity contribution in [1.29, 1.82) is 0 Å². The first-order chi connectivity index (χ1) is 13.7. The van der Waals surface area contributed by atoms with E-state index in [0.717, 1.165) is 4.90 Å². The first-order valence-corrected chi connectivity index (χ1v) is 9.63. The van der Waals surface area contributed by atoms with Gasteiger partial charge in [0, 0.05) is 5.02 Å². The van der Waals surface area contributed by atoms with Gasteiger partial charge in [0.05, 0.1) is 15.5 Å². The van der Waals surface area contributed by atoms with E-state index in [1.54, 1.807) is 18.2 Å². The number of primary amides is 1. The summed E-state index contributed by atoms with van der Waals surface area (Å²) in [5.74, 6) is -1.87. The molecule has 1 heterocycles. The third-order valence-electron chi connectivity index (χ3n) is 3.70. The fourth-order valence-corrected chi connectivity index (χ4v) is 3.75. The quantitative estimate of drug-likeness (QED) is 0.422. The van der Waals surface area contributed by atoms with E-state index in [2.05, 4.69) is 0 Å². The summed E-state index contributed by atoms with van der Waals surface area (Å²) in [5, 5.41) is -0.0411. The predicted molar refractivity (Wildman–Crippen MR) is 110 cm³/mol. The minimum absolute atomic E-state index is 0.125. The van der Waals surface area contributed by atoms with Crippen molar-refractivity contribution in [3.8, 4) is 5.75 Å². The summed E-state index contributed by atoms with van der Waals surface area (Å²) in [4.78, 5) is 48.4. The summed E-state index contributed by atoms with van der Waals surface area (Å²) in [6.45, 7) is -0.485. The molecule has 1 saturated heterocycles. The summed E-state index contributed by atoms with van der Waals surface area (Å²) < 4.78 is 5.32. The normalized spacial score (nSPS) is 15.1. The lowest BCUT2D eigenvalue weighted by atomic mass is 10.2. The number of amides is 3. The largest absolute Gasteiger partial charge is 0.423 e. The number of halogens is 2. The zero-order valence-corrected chi connectivity index (χ0v) is 16.9. The van der Waals surface area contributed by atoms with Crippen molar-refractivity contribution in [2.45, 2.75) is 0 Å². The van der Waals surface area contributed by atoms with E-state index in [9.17, 15) is 19.2 Å². The number of ether oxygens (including phenoxy) is 1. The molecule has 0 atom stereocenters. The minimum atomic E-state index is -0.789. The second-order valence-corrected chi connectivity index (χ2v) is 7.66. The maximum Gasteiger partial charge on any atom is 0.345 e. The zero-order valence-electron chi connectivity index (χ0n) is 14.6. The molecule has 0 saturated carbocycles. The van der Waals surface area contributed by atoms with Gasteiger partial charge in [-0.1, -0.05) is 35.3 Å². The Hall–Kier alpha value is -2.81. The summed E-state index contributed by atoms with van der Waals surface area (Å²) in [6.07, 6.45) is 1.46. The Morgan fingerprint density at radius 2 is 1.90 bits per heavy atom. The third kappa shape index (κ3) is 4.97. The van der Waals surface area contributed by atoms with Crippen molar-refractivity contribution < 1.29 is 23.9 Å². The predicted octanol–water partition coefficient (Wildman–Crippen LogP) is 3.73. The Bertz CT molecular complexity index is 1070. The molecule has 10 heteroatoms. The molecule has 2 N–H and O–H groups in total. The highest BCUT2D eigenvalue weighted by Gasteiger charge is 2.35. The Labute approximate surface area is 179 Å². The molecule has 2 aromatic carbocycles. The number of hydrogen-bond donors (Lipinski definition) is 1. The summed E-state index contributed by atoms with van der Waals surface area (Å²) in [7, 11) is 0. The Kier molecular flexibility index (Phi) is 6.26. The fourth-order valence-electron chi connectivity index (χ4n) is 2.43. The van der Waals surface area contributed by atoms with Gasteiger partial charge >= 0.3 is 5.97 Å². The fraction of sp³-hybridized carbons (Fsp3) is 0.0526. The Morgan fingerprint density at radius 1 is 1.14 bits per heavy atom. The Balaban J connectivity index is 1.78. The molecule has 2 aromatic rings. The molecule has 29 heavy (non-hydrogen) atoms. The molecule has 1 aliphatic rings. The van der Waals surface area contributed by atoms with Gasteiger partial charge in [0.2, 0.25) is 5.91 Å². The molecule has 0 spiro atoms. The Morgan fingerprint density at radius 3 is 2.59 bits per heavy atom. The monoisotopic (exact) mass is 450 g/mol. The van der Waals surface area contributed by atoms with Gasteiger partial charge in [0.25, 0.3) is 11.1 Å². The zero-order chi connectivity index (χ0) is 21.1. The average molecular weight is 451 g/mol. The molecule has 0 radical (unpaired) electrons. The van der Waals surface area contributed by atoms with Crippen molar-refractivity contribution >= 4 is 64.1 Å². The second-order valence-electron chi connectivity index (χ2n) is 5.82. The topological polar surface area (TPSA) is 107 Å². The highest BCUT2D eigenvalue weighted by Crippen LogP contribution is 2.32. The number of nitrogens with two attached hydrogens (primary N) is 1. The van der Waals surface area contributed by atoms with Crippen LogP contribution in [-0.2, 0) is 9.59 Å². The van der Waals surface area contributed by atoms with Gasteiger partial charge in [-0.2, -0.15) is 0 Å². The summed E-state index contributed by atoms with van der Waals surface area (Å²) in [5.41, 5.74) is 5.71. The molecule has 148 valence electrons. The first-order valence-electron chi connectivity index (χ1n) is 8.05. The van der Waals surface area contributed by atoms with E-state index in [4.69, 9.17) is 33.7 Å².